The van der Waals surface area contributed by atoms with Crippen LogP contribution in [-0.4, -0.2) is 31.8 Å². The quantitative estimate of drug-likeness (QED) is 0.286. The molecule has 0 aromatic heterocycles. The highest BCUT2D eigenvalue weighted by Gasteiger charge is 2.06. The zero-order chi connectivity index (χ0) is 9.84. The Morgan fingerprint density at radius 2 is 2.00 bits per heavy atom. The van der Waals surface area contributed by atoms with E-state index in [-0.39, 0.29) is 7.92 Å². The molecule has 0 fully saturated rings. The lowest BCUT2D eigenvalue weighted by molar-refractivity contribution is -0.430. The lowest BCUT2D eigenvalue weighted by Crippen LogP contribution is -2.00. The highest BCUT2D eigenvalue weighted by atomic mass is 31.1. The van der Waals surface area contributed by atoms with Crippen LogP contribution in [0.5, 0.6) is 0 Å². The van der Waals surface area contributed by atoms with E-state index in [1.807, 2.05) is 7.05 Å². The van der Waals surface area contributed by atoms with Crippen LogP contribution < -0.4 is 0 Å². The van der Waals surface area contributed by atoms with Crippen molar-refractivity contribution in [3.8, 4) is 0 Å². The van der Waals surface area contributed by atoms with Gasteiger partial charge in [-0.05, 0) is 31.5 Å². The SMILES string of the molecule is C=[N+](C)[N-]C1=CCCC=C1P(C)C. The molecule has 0 atom stereocenters. The Kier molecular flexibility index (Phi) is 3.68. The summed E-state index contributed by atoms with van der Waals surface area (Å²) in [7, 11) is 1.82. The van der Waals surface area contributed by atoms with Crippen molar-refractivity contribution in [1.82, 2.24) is 0 Å². The fourth-order valence-corrected chi connectivity index (χ4v) is 2.43. The molecule has 1 aliphatic rings. The summed E-state index contributed by atoms with van der Waals surface area (Å²) in [5.41, 5.74) is 5.50. The number of hydrogen-bond donors (Lipinski definition) is 0. The molecule has 0 aliphatic heterocycles. The van der Waals surface area contributed by atoms with E-state index in [9.17, 15) is 0 Å². The zero-order valence-corrected chi connectivity index (χ0v) is 9.51. The summed E-state index contributed by atoms with van der Waals surface area (Å²) in [6, 6.07) is 0. The van der Waals surface area contributed by atoms with Crippen molar-refractivity contribution in [1.29, 1.82) is 0 Å². The lowest BCUT2D eigenvalue weighted by atomic mass is 10.1. The molecule has 0 spiro atoms. The molecule has 0 saturated carbocycles. The maximum atomic E-state index is 4.37. The molecule has 13 heavy (non-hydrogen) atoms. The average Bonchev–Trinajstić information content (AvgIpc) is 2.03. The number of rotatable bonds is 3. The highest BCUT2D eigenvalue weighted by molar-refractivity contribution is 7.60. The van der Waals surface area contributed by atoms with Crippen LogP contribution in [-0.2, 0) is 0 Å². The minimum atomic E-state index is -0.0439. The van der Waals surface area contributed by atoms with Gasteiger partial charge in [-0.2, -0.15) is 0 Å². The van der Waals surface area contributed by atoms with E-state index < -0.39 is 0 Å². The molecule has 0 aromatic carbocycles. The number of hydrogen-bond acceptors (Lipinski definition) is 0. The molecule has 1 aliphatic carbocycles. The Bertz CT molecular complexity index is 264. The molecule has 0 saturated heterocycles. The predicted molar refractivity (Wildman–Crippen MR) is 60.8 cm³/mol. The van der Waals surface area contributed by atoms with E-state index >= 15 is 0 Å². The highest BCUT2D eigenvalue weighted by Crippen LogP contribution is 2.44. The average molecular weight is 196 g/mol. The maximum Gasteiger partial charge on any atom is 0.127 e. The minimum absolute atomic E-state index is 0.0439. The third kappa shape index (κ3) is 2.96. The molecule has 0 amide bonds. The molecule has 0 aromatic rings. The Hall–Kier alpha value is -0.620. The van der Waals surface area contributed by atoms with Gasteiger partial charge in [-0.1, -0.05) is 25.8 Å². The van der Waals surface area contributed by atoms with E-state index in [0.717, 1.165) is 18.5 Å². The van der Waals surface area contributed by atoms with Gasteiger partial charge >= 0.3 is 0 Å². The molecule has 1 rings (SSSR count). The smallest absolute Gasteiger partial charge is 0.127 e. The summed E-state index contributed by atoms with van der Waals surface area (Å²) >= 11 is 0. The molecule has 3 heteroatoms. The van der Waals surface area contributed by atoms with Crippen LogP contribution >= 0.6 is 7.92 Å². The molecule has 72 valence electrons. The lowest BCUT2D eigenvalue weighted by Gasteiger charge is -2.26. The van der Waals surface area contributed by atoms with Gasteiger partial charge in [-0.25, -0.2) is 0 Å². The topological polar surface area (TPSA) is 17.1 Å². The van der Waals surface area contributed by atoms with E-state index in [2.05, 4.69) is 37.6 Å². The van der Waals surface area contributed by atoms with Crippen LogP contribution in [0.4, 0.5) is 0 Å². The van der Waals surface area contributed by atoms with Gasteiger partial charge in [-0.15, -0.1) is 0 Å². The van der Waals surface area contributed by atoms with Gasteiger partial charge in [0.1, 0.15) is 13.8 Å². The maximum absolute atomic E-state index is 4.37. The fourth-order valence-electron chi connectivity index (χ4n) is 1.34. The molecule has 0 bridgehead atoms. The van der Waals surface area contributed by atoms with Crippen LogP contribution in [0, 0.1) is 0 Å². The van der Waals surface area contributed by atoms with Crippen LogP contribution in [0.3, 0.4) is 0 Å². The number of nitrogens with zero attached hydrogens (tertiary/aromatic N) is 2. The van der Waals surface area contributed by atoms with Crippen molar-refractivity contribution in [2.45, 2.75) is 12.8 Å². The van der Waals surface area contributed by atoms with Crippen molar-refractivity contribution in [2.75, 3.05) is 20.4 Å². The first-order valence-corrected chi connectivity index (χ1v) is 6.68. The Balaban J connectivity index is 2.75. The summed E-state index contributed by atoms with van der Waals surface area (Å²) in [6.45, 7) is 8.26. The second-order valence-electron chi connectivity index (χ2n) is 3.41. The minimum Gasteiger partial charge on any atom is -0.411 e. The molecular formula is C10H17N2P. The van der Waals surface area contributed by atoms with E-state index in [0.29, 0.717) is 0 Å². The van der Waals surface area contributed by atoms with Gasteiger partial charge in [0.15, 0.2) is 0 Å². The monoisotopic (exact) mass is 196 g/mol. The van der Waals surface area contributed by atoms with Gasteiger partial charge in [0, 0.05) is 0 Å². The molecular weight excluding hydrogens is 179 g/mol. The van der Waals surface area contributed by atoms with Crippen molar-refractivity contribution in [3.05, 3.63) is 28.6 Å². The van der Waals surface area contributed by atoms with E-state index in [4.69, 9.17) is 0 Å². The van der Waals surface area contributed by atoms with Gasteiger partial charge in [0.05, 0.1) is 0 Å². The standard InChI is InChI=1S/C10H17N2P/c1-12(2)11-9-7-5-6-8-10(9)13(3)4/h7-8H,1,5-6H2,2-4H3. The van der Waals surface area contributed by atoms with Crippen LogP contribution in [0.1, 0.15) is 12.8 Å². The van der Waals surface area contributed by atoms with Gasteiger partial charge < -0.3 is 5.43 Å². The fraction of sp³-hybridized carbons (Fsp3) is 0.500. The van der Waals surface area contributed by atoms with Crippen molar-refractivity contribution >= 4 is 14.6 Å². The summed E-state index contributed by atoms with van der Waals surface area (Å²) < 4.78 is 1.63. The molecule has 0 radical (unpaired) electrons. The third-order valence-corrected chi connectivity index (χ3v) is 3.24. The largest absolute Gasteiger partial charge is 0.411 e. The molecule has 0 unspecified atom stereocenters. The van der Waals surface area contributed by atoms with E-state index in [1.54, 1.807) is 4.68 Å². The first-order chi connectivity index (χ1) is 6.11. The second kappa shape index (κ2) is 4.57. The molecule has 2 nitrogen and oxygen atoms in total. The predicted octanol–water partition coefficient (Wildman–Crippen LogP) is 2.92. The van der Waals surface area contributed by atoms with Crippen LogP contribution in [0.25, 0.3) is 5.43 Å². The summed E-state index contributed by atoms with van der Waals surface area (Å²) in [4.78, 5) is 0. The van der Waals surface area contributed by atoms with Crippen molar-refractivity contribution in [3.63, 3.8) is 0 Å². The summed E-state index contributed by atoms with van der Waals surface area (Å²) in [5, 5.41) is 1.41. The van der Waals surface area contributed by atoms with Gasteiger partial charge in [0.2, 0.25) is 0 Å². The third-order valence-electron chi connectivity index (χ3n) is 1.86. The molecule has 0 N–H and O–H groups in total. The first-order valence-electron chi connectivity index (χ1n) is 4.45. The Morgan fingerprint density at radius 3 is 2.54 bits per heavy atom. The van der Waals surface area contributed by atoms with Crippen molar-refractivity contribution < 1.29 is 4.68 Å². The zero-order valence-electron chi connectivity index (χ0n) is 8.62. The summed E-state index contributed by atoms with van der Waals surface area (Å²) in [5.74, 6) is 0. The second-order valence-corrected chi connectivity index (χ2v) is 5.68. The number of allylic oxidation sites excluding steroid dienone is 3. The Morgan fingerprint density at radius 1 is 1.38 bits per heavy atom. The van der Waals surface area contributed by atoms with Crippen LogP contribution in [0.2, 0.25) is 0 Å². The van der Waals surface area contributed by atoms with Crippen LogP contribution in [0.15, 0.2) is 23.2 Å². The van der Waals surface area contributed by atoms with Gasteiger partial charge in [-0.3, -0.25) is 4.68 Å². The van der Waals surface area contributed by atoms with Gasteiger partial charge in [0.25, 0.3) is 0 Å². The first kappa shape index (κ1) is 10.5. The molecule has 0 heterocycles. The Labute approximate surface area is 81.8 Å². The summed E-state index contributed by atoms with van der Waals surface area (Å²) in [6.07, 6.45) is 6.79. The normalized spacial score (nSPS) is 16.6. The van der Waals surface area contributed by atoms with E-state index in [1.165, 1.54) is 5.31 Å². The van der Waals surface area contributed by atoms with Crippen molar-refractivity contribution in [2.24, 2.45) is 0 Å².